The van der Waals surface area contributed by atoms with Crippen molar-refractivity contribution in [3.63, 3.8) is 0 Å². The Morgan fingerprint density at radius 3 is 1.84 bits per heavy atom. The molecule has 2 N–H and O–H groups in total. The lowest BCUT2D eigenvalue weighted by atomic mass is 10.0. The van der Waals surface area contributed by atoms with Crippen LogP contribution in [-0.2, 0) is 10.1 Å². The molecule has 170 valence electrons. The van der Waals surface area contributed by atoms with E-state index >= 15 is 0 Å². The number of nitrogens with one attached hydrogen (secondary N) is 1. The fourth-order valence-corrected chi connectivity index (χ4v) is 3.99. The van der Waals surface area contributed by atoms with Gasteiger partial charge in [0.15, 0.2) is 0 Å². The lowest BCUT2D eigenvalue weighted by Gasteiger charge is -2.01. The molecule has 0 atom stereocenters. The topological polar surface area (TPSA) is 83.1 Å². The van der Waals surface area contributed by atoms with Gasteiger partial charge in [-0.3, -0.25) is 4.55 Å². The number of benzene rings is 2. The normalized spacial score (nSPS) is 11.3. The van der Waals surface area contributed by atoms with E-state index < -0.39 is 15.3 Å². The summed E-state index contributed by atoms with van der Waals surface area (Å²) in [6, 6.07) is 14.9. The van der Waals surface area contributed by atoms with Crippen LogP contribution in [0.15, 0.2) is 53.7 Å². The number of imidazole rings is 1. The van der Waals surface area contributed by atoms with Crippen LogP contribution in [0.1, 0.15) is 78.1 Å². The van der Waals surface area contributed by atoms with Crippen LogP contribution in [0.2, 0.25) is 0 Å². The monoisotopic (exact) mass is 444 g/mol. The summed E-state index contributed by atoms with van der Waals surface area (Å²) in [7, 11) is -4.33. The molecule has 0 spiro atoms. The molecule has 3 aromatic rings. The molecule has 0 bridgehead atoms. The molecule has 0 saturated carbocycles. The van der Waals surface area contributed by atoms with Gasteiger partial charge in [0, 0.05) is 5.56 Å². The summed E-state index contributed by atoms with van der Waals surface area (Å²) < 4.78 is 31.3. The first-order valence-corrected chi connectivity index (χ1v) is 12.9. The maximum absolute atomic E-state index is 11.1. The van der Waals surface area contributed by atoms with Crippen LogP contribution in [0.25, 0.3) is 22.2 Å². The SMILES string of the molecule is CCCCCCCCCCCC.O=S(=O)(O)c1nc2c(-c3ccccc3)cccc2[nH]1. The van der Waals surface area contributed by atoms with Crippen LogP contribution in [0.5, 0.6) is 0 Å². The van der Waals surface area contributed by atoms with Gasteiger partial charge in [-0.1, -0.05) is 121 Å². The van der Waals surface area contributed by atoms with E-state index in [2.05, 4.69) is 23.8 Å². The minimum Gasteiger partial charge on any atom is -0.327 e. The van der Waals surface area contributed by atoms with Gasteiger partial charge < -0.3 is 4.98 Å². The van der Waals surface area contributed by atoms with E-state index in [1.165, 1.54) is 64.2 Å². The van der Waals surface area contributed by atoms with E-state index in [4.69, 9.17) is 4.55 Å². The molecule has 6 heteroatoms. The van der Waals surface area contributed by atoms with E-state index in [-0.39, 0.29) is 0 Å². The molecule has 5 nitrogen and oxygen atoms in total. The number of H-pyrrole nitrogens is 1. The van der Waals surface area contributed by atoms with Gasteiger partial charge in [-0.15, -0.1) is 0 Å². The minimum absolute atomic E-state index is 0.439. The zero-order valence-electron chi connectivity index (χ0n) is 18.8. The Morgan fingerprint density at radius 2 is 1.32 bits per heavy atom. The number of hydrogen-bond donors (Lipinski definition) is 2. The number of hydrogen-bond acceptors (Lipinski definition) is 3. The molecule has 0 unspecified atom stereocenters. The summed E-state index contributed by atoms with van der Waals surface area (Å²) >= 11 is 0. The second-order valence-electron chi connectivity index (χ2n) is 7.91. The van der Waals surface area contributed by atoms with Crippen LogP contribution in [0, 0.1) is 0 Å². The molecule has 0 amide bonds. The fraction of sp³-hybridized carbons (Fsp3) is 0.480. The average Bonchev–Trinajstić information content (AvgIpc) is 3.22. The van der Waals surface area contributed by atoms with Crippen LogP contribution in [0.4, 0.5) is 0 Å². The van der Waals surface area contributed by atoms with E-state index in [9.17, 15) is 8.42 Å². The smallest absolute Gasteiger partial charge is 0.327 e. The highest BCUT2D eigenvalue weighted by atomic mass is 32.2. The zero-order valence-corrected chi connectivity index (χ0v) is 19.6. The third kappa shape index (κ3) is 8.46. The maximum Gasteiger partial charge on any atom is 0.328 e. The van der Waals surface area contributed by atoms with Crippen LogP contribution >= 0.6 is 0 Å². The number of rotatable bonds is 11. The largest absolute Gasteiger partial charge is 0.328 e. The first-order chi connectivity index (χ1) is 15.0. The predicted molar refractivity (Wildman–Crippen MR) is 129 cm³/mol. The molecule has 0 aliphatic rings. The van der Waals surface area contributed by atoms with Crippen molar-refractivity contribution in [2.45, 2.75) is 83.2 Å². The van der Waals surface area contributed by atoms with Gasteiger partial charge in [-0.2, -0.15) is 8.42 Å². The highest BCUT2D eigenvalue weighted by Crippen LogP contribution is 2.27. The van der Waals surface area contributed by atoms with Crippen LogP contribution in [0.3, 0.4) is 0 Å². The highest BCUT2D eigenvalue weighted by Gasteiger charge is 2.17. The minimum atomic E-state index is -4.33. The third-order valence-corrected chi connectivity index (χ3v) is 5.96. The van der Waals surface area contributed by atoms with Gasteiger partial charge in [0.05, 0.1) is 11.0 Å². The van der Waals surface area contributed by atoms with Crippen molar-refractivity contribution in [2.24, 2.45) is 0 Å². The van der Waals surface area contributed by atoms with Gasteiger partial charge in [0.2, 0.25) is 0 Å². The number of para-hydroxylation sites is 1. The molecule has 1 heterocycles. The maximum atomic E-state index is 11.1. The molecule has 0 radical (unpaired) electrons. The van der Waals surface area contributed by atoms with Crippen molar-refractivity contribution < 1.29 is 13.0 Å². The van der Waals surface area contributed by atoms with Gasteiger partial charge in [-0.25, -0.2) is 4.98 Å². The van der Waals surface area contributed by atoms with E-state index in [1.807, 2.05) is 36.4 Å². The summed E-state index contributed by atoms with van der Waals surface area (Å²) in [6.45, 7) is 4.56. The summed E-state index contributed by atoms with van der Waals surface area (Å²) in [4.78, 5) is 6.56. The molecule has 0 fully saturated rings. The Hall–Kier alpha value is -2.18. The second-order valence-corrected chi connectivity index (χ2v) is 9.25. The predicted octanol–water partition coefficient (Wildman–Crippen LogP) is 7.40. The van der Waals surface area contributed by atoms with Gasteiger partial charge >= 0.3 is 10.1 Å². The third-order valence-electron chi connectivity index (χ3n) is 5.28. The summed E-state index contributed by atoms with van der Waals surface area (Å²) in [6.07, 6.45) is 14.4. The number of aromatic nitrogens is 2. The standard InChI is InChI=1S/C13H10N2O3S.C12H26/c16-19(17,18)13-14-11-8-4-7-10(12(11)15-13)9-5-2-1-3-6-9;1-3-5-7-9-11-12-10-8-6-4-2/h1-8H,(H,14,15)(H,16,17,18);3-12H2,1-2H3. The molecular formula is C25H36N2O3S. The van der Waals surface area contributed by atoms with Crippen molar-refractivity contribution >= 4 is 21.2 Å². The summed E-state index contributed by atoms with van der Waals surface area (Å²) in [5, 5.41) is -0.439. The Bertz CT molecular complexity index is 988. The number of unbranched alkanes of at least 4 members (excludes halogenated alkanes) is 9. The Kier molecular flexibility index (Phi) is 10.7. The summed E-state index contributed by atoms with van der Waals surface area (Å²) in [5.41, 5.74) is 2.82. The summed E-state index contributed by atoms with van der Waals surface area (Å²) in [5.74, 6) is 0. The molecule has 2 aromatic carbocycles. The number of fused-ring (bicyclic) bond motifs is 1. The van der Waals surface area contributed by atoms with Gasteiger partial charge in [0.1, 0.15) is 0 Å². The molecule has 0 aliphatic carbocycles. The van der Waals surface area contributed by atoms with Crippen LogP contribution in [-0.4, -0.2) is 22.9 Å². The zero-order chi connectivity index (χ0) is 22.5. The van der Waals surface area contributed by atoms with Crippen molar-refractivity contribution in [2.75, 3.05) is 0 Å². The van der Waals surface area contributed by atoms with E-state index in [0.29, 0.717) is 11.0 Å². The lowest BCUT2D eigenvalue weighted by Crippen LogP contribution is -1.99. The molecular weight excluding hydrogens is 408 g/mol. The molecule has 0 aliphatic heterocycles. The number of nitrogens with zero attached hydrogens (tertiary/aromatic N) is 1. The lowest BCUT2D eigenvalue weighted by molar-refractivity contribution is 0.476. The molecule has 1 aromatic heterocycles. The van der Waals surface area contributed by atoms with Gasteiger partial charge in [0.25, 0.3) is 5.16 Å². The molecule has 3 rings (SSSR count). The first kappa shape index (κ1) is 25.1. The molecule has 0 saturated heterocycles. The van der Waals surface area contributed by atoms with Gasteiger partial charge in [-0.05, 0) is 11.6 Å². The van der Waals surface area contributed by atoms with Crippen molar-refractivity contribution in [1.82, 2.24) is 9.97 Å². The van der Waals surface area contributed by atoms with Crippen molar-refractivity contribution in [3.05, 3.63) is 48.5 Å². The van der Waals surface area contributed by atoms with Crippen molar-refractivity contribution in [3.8, 4) is 11.1 Å². The van der Waals surface area contributed by atoms with Crippen LogP contribution < -0.4 is 0 Å². The Balaban J connectivity index is 0.000000248. The van der Waals surface area contributed by atoms with E-state index in [1.54, 1.807) is 12.1 Å². The first-order valence-electron chi connectivity index (χ1n) is 11.5. The second kappa shape index (κ2) is 13.3. The Labute approximate surface area is 187 Å². The quantitative estimate of drug-likeness (QED) is 0.238. The molecule has 31 heavy (non-hydrogen) atoms. The highest BCUT2D eigenvalue weighted by molar-refractivity contribution is 7.85. The van der Waals surface area contributed by atoms with E-state index in [0.717, 1.165) is 11.1 Å². The Morgan fingerprint density at radius 1 is 0.774 bits per heavy atom. The average molecular weight is 445 g/mol. The number of aromatic amines is 1. The fourth-order valence-electron chi connectivity index (χ4n) is 3.54. The van der Waals surface area contributed by atoms with Crippen molar-refractivity contribution in [1.29, 1.82) is 0 Å².